The van der Waals surface area contributed by atoms with E-state index in [1.165, 1.54) is 6.92 Å². The molecule has 3 heterocycles. The van der Waals surface area contributed by atoms with E-state index in [4.69, 9.17) is 0 Å². The van der Waals surface area contributed by atoms with E-state index in [2.05, 4.69) is 5.32 Å². The standard InChI is InChI=1S/C14H14F3N3O5.Na/c1-5(21)18-4-7-6-2-3-19(13(25)14(15,16)17)10-8(6)20(11(10)22)9(7)12(23)24;/h6,8,10H,2-4H2,1H3,(H,18,21)(H,23,24);/q;+1/p-1/t6?,8-,10+;/m1./s1. The number of rotatable bonds is 3. The van der Waals surface area contributed by atoms with Crippen LogP contribution in [0.2, 0.25) is 0 Å². The SMILES string of the molecule is CC(=O)NCC1=C(C(=O)[O-])N2C(=O)[C@@H]3[C@H]2C1CCN3C(=O)C(F)(F)F.[Na+]. The van der Waals surface area contributed by atoms with Gasteiger partial charge in [0.05, 0.1) is 17.7 Å². The van der Waals surface area contributed by atoms with Gasteiger partial charge in [-0.1, -0.05) is 0 Å². The second kappa shape index (κ2) is 6.86. The van der Waals surface area contributed by atoms with Gasteiger partial charge in [0.15, 0.2) is 0 Å². The molecule has 1 unspecified atom stereocenters. The first-order valence-electron chi connectivity index (χ1n) is 7.45. The summed E-state index contributed by atoms with van der Waals surface area (Å²) in [6.07, 6.45) is -5.06. The van der Waals surface area contributed by atoms with Crippen molar-refractivity contribution >= 4 is 23.7 Å². The third-order valence-corrected chi connectivity index (χ3v) is 4.76. The molecule has 0 spiro atoms. The van der Waals surface area contributed by atoms with Crippen molar-refractivity contribution in [3.63, 3.8) is 0 Å². The van der Waals surface area contributed by atoms with E-state index in [0.29, 0.717) is 4.90 Å². The predicted octanol–water partition coefficient (Wildman–Crippen LogP) is -4.87. The van der Waals surface area contributed by atoms with E-state index in [1.54, 1.807) is 0 Å². The van der Waals surface area contributed by atoms with Crippen molar-refractivity contribution in [1.82, 2.24) is 15.1 Å². The number of piperidine rings is 1. The Morgan fingerprint density at radius 2 is 1.92 bits per heavy atom. The summed E-state index contributed by atoms with van der Waals surface area (Å²) >= 11 is 0. The second-order valence-corrected chi connectivity index (χ2v) is 6.11. The molecule has 3 amide bonds. The van der Waals surface area contributed by atoms with Gasteiger partial charge < -0.3 is 25.0 Å². The van der Waals surface area contributed by atoms with E-state index < -0.39 is 53.6 Å². The van der Waals surface area contributed by atoms with E-state index >= 15 is 0 Å². The number of aliphatic carboxylic acids is 1. The fourth-order valence-corrected chi connectivity index (χ4v) is 3.82. The molecule has 2 saturated heterocycles. The summed E-state index contributed by atoms with van der Waals surface area (Å²) in [5.41, 5.74) is -0.193. The number of alkyl halides is 3. The molecule has 12 heteroatoms. The normalized spacial score (nSPS) is 26.8. The monoisotopic (exact) mass is 383 g/mol. The van der Waals surface area contributed by atoms with Gasteiger partial charge in [0, 0.05) is 25.9 Å². The van der Waals surface area contributed by atoms with Gasteiger partial charge in [-0.25, -0.2) is 0 Å². The summed E-state index contributed by atoms with van der Waals surface area (Å²) in [4.78, 5) is 47.6. The van der Waals surface area contributed by atoms with Crippen molar-refractivity contribution in [2.75, 3.05) is 13.1 Å². The number of hydrogen-bond acceptors (Lipinski definition) is 5. The molecule has 136 valence electrons. The van der Waals surface area contributed by atoms with E-state index in [-0.39, 0.29) is 54.6 Å². The Kier molecular flexibility index (Phi) is 5.46. The molecule has 2 fully saturated rings. The molecule has 0 aromatic rings. The Morgan fingerprint density at radius 1 is 1.31 bits per heavy atom. The minimum Gasteiger partial charge on any atom is -0.543 e. The molecule has 3 aliphatic rings. The number of β-lactam (4-membered cyclic amide) rings is 1. The van der Waals surface area contributed by atoms with Crippen LogP contribution < -0.4 is 40.0 Å². The third-order valence-electron chi connectivity index (χ3n) is 4.76. The number of nitrogens with zero attached hydrogens (tertiary/aromatic N) is 2. The molecule has 0 saturated carbocycles. The van der Waals surface area contributed by atoms with Gasteiger partial charge in [-0.2, -0.15) is 13.2 Å². The molecule has 0 radical (unpaired) electrons. The number of nitrogens with one attached hydrogen (secondary N) is 1. The number of carboxylic acids is 1. The van der Waals surface area contributed by atoms with Crippen molar-refractivity contribution < 1.29 is 67.0 Å². The van der Waals surface area contributed by atoms with Crippen LogP contribution in [0.15, 0.2) is 11.3 Å². The molecule has 0 aliphatic carbocycles. The van der Waals surface area contributed by atoms with Crippen molar-refractivity contribution in [2.24, 2.45) is 5.92 Å². The van der Waals surface area contributed by atoms with Crippen LogP contribution in [0.5, 0.6) is 0 Å². The van der Waals surface area contributed by atoms with Gasteiger partial charge in [0.2, 0.25) is 5.91 Å². The summed E-state index contributed by atoms with van der Waals surface area (Å²) in [6, 6.07) is -2.22. The molecule has 0 bridgehead atoms. The van der Waals surface area contributed by atoms with Crippen molar-refractivity contribution in [1.29, 1.82) is 0 Å². The second-order valence-electron chi connectivity index (χ2n) is 6.11. The molecule has 3 rings (SSSR count). The van der Waals surface area contributed by atoms with Crippen LogP contribution >= 0.6 is 0 Å². The molecule has 8 nitrogen and oxygen atoms in total. The smallest absolute Gasteiger partial charge is 0.543 e. The quantitative estimate of drug-likeness (QED) is 0.388. The zero-order chi connectivity index (χ0) is 18.7. The molecule has 1 N–H and O–H groups in total. The number of carbonyl (C=O) groups excluding carboxylic acids is 4. The van der Waals surface area contributed by atoms with Crippen LogP contribution in [0, 0.1) is 5.92 Å². The summed E-state index contributed by atoms with van der Waals surface area (Å²) in [5, 5.41) is 13.9. The van der Waals surface area contributed by atoms with Gasteiger partial charge in [-0.3, -0.25) is 14.4 Å². The molecule has 3 atom stereocenters. The van der Waals surface area contributed by atoms with Gasteiger partial charge in [0.1, 0.15) is 6.04 Å². The van der Waals surface area contributed by atoms with E-state index in [0.717, 1.165) is 4.90 Å². The van der Waals surface area contributed by atoms with Crippen LogP contribution in [-0.2, 0) is 19.2 Å². The summed E-state index contributed by atoms with van der Waals surface area (Å²) < 4.78 is 38.1. The summed E-state index contributed by atoms with van der Waals surface area (Å²) in [6.45, 7) is 0.749. The van der Waals surface area contributed by atoms with Crippen LogP contribution in [0.4, 0.5) is 13.2 Å². The average molecular weight is 383 g/mol. The number of carboxylic acid groups (broad SMARTS) is 1. The first kappa shape index (κ1) is 20.7. The molecular formula is C14H13F3N3NaO5. The molecule has 3 aliphatic heterocycles. The van der Waals surface area contributed by atoms with E-state index in [1.807, 2.05) is 0 Å². The van der Waals surface area contributed by atoms with Crippen LogP contribution in [-0.4, -0.2) is 64.8 Å². The van der Waals surface area contributed by atoms with Gasteiger partial charge >= 0.3 is 41.6 Å². The Hall–Kier alpha value is -1.59. The Bertz CT molecular complexity index is 723. The molecule has 0 aromatic carbocycles. The number of halogens is 3. The first-order chi connectivity index (χ1) is 11.6. The van der Waals surface area contributed by atoms with Crippen molar-refractivity contribution in [2.45, 2.75) is 31.6 Å². The average Bonchev–Trinajstić information content (AvgIpc) is 2.82. The van der Waals surface area contributed by atoms with Gasteiger partial charge in [-0.05, 0) is 12.0 Å². The zero-order valence-corrected chi connectivity index (χ0v) is 15.9. The number of carbonyl (C=O) groups is 4. The topological polar surface area (TPSA) is 110 Å². The largest absolute Gasteiger partial charge is 1.00 e. The van der Waals surface area contributed by atoms with Crippen molar-refractivity contribution in [3.05, 3.63) is 11.3 Å². The molecule has 26 heavy (non-hydrogen) atoms. The molecule has 0 aromatic heterocycles. The Morgan fingerprint density at radius 3 is 2.42 bits per heavy atom. The van der Waals surface area contributed by atoms with Crippen LogP contribution in [0.3, 0.4) is 0 Å². The fraction of sp³-hybridized carbons (Fsp3) is 0.571. The Balaban J connectivity index is 0.00000243. The maximum atomic E-state index is 12.7. The minimum absolute atomic E-state index is 0. The maximum Gasteiger partial charge on any atom is 1.00 e. The van der Waals surface area contributed by atoms with Crippen LogP contribution in [0.1, 0.15) is 13.3 Å². The minimum atomic E-state index is -5.12. The fourth-order valence-electron chi connectivity index (χ4n) is 3.82. The van der Waals surface area contributed by atoms with Gasteiger partial charge in [-0.15, -0.1) is 0 Å². The third kappa shape index (κ3) is 3.01. The van der Waals surface area contributed by atoms with Crippen LogP contribution in [0.25, 0.3) is 0 Å². The maximum absolute atomic E-state index is 12.7. The summed E-state index contributed by atoms with van der Waals surface area (Å²) in [5.74, 6) is -5.61. The zero-order valence-electron chi connectivity index (χ0n) is 13.9. The number of amides is 3. The first-order valence-corrected chi connectivity index (χ1v) is 7.45. The number of likely N-dealkylation sites (tertiary alicyclic amines) is 1. The predicted molar refractivity (Wildman–Crippen MR) is 71.0 cm³/mol. The molecular weight excluding hydrogens is 370 g/mol. The Labute approximate surface area is 167 Å². The van der Waals surface area contributed by atoms with Crippen molar-refractivity contribution in [3.8, 4) is 0 Å². The van der Waals surface area contributed by atoms with Gasteiger partial charge in [0.25, 0.3) is 5.91 Å². The summed E-state index contributed by atoms with van der Waals surface area (Å²) in [7, 11) is 0. The number of hydrogen-bond donors (Lipinski definition) is 1. The van der Waals surface area contributed by atoms with E-state index in [9.17, 15) is 37.5 Å².